The maximum atomic E-state index is 13.5. The fourth-order valence-electron chi connectivity index (χ4n) is 5.35. The predicted octanol–water partition coefficient (Wildman–Crippen LogP) is 5.74. The highest BCUT2D eigenvalue weighted by atomic mass is 35.5. The molecule has 0 spiro atoms. The Balaban J connectivity index is 1.14. The Morgan fingerprint density at radius 1 is 1.07 bits per heavy atom. The van der Waals surface area contributed by atoms with E-state index < -0.39 is 0 Å². The molecule has 2 saturated heterocycles. The summed E-state index contributed by atoms with van der Waals surface area (Å²) in [7, 11) is 0. The lowest BCUT2D eigenvalue weighted by atomic mass is 10.1. The van der Waals surface area contributed by atoms with Crippen LogP contribution < -0.4 is 20.1 Å². The van der Waals surface area contributed by atoms with Crippen LogP contribution in [0.2, 0.25) is 5.02 Å². The summed E-state index contributed by atoms with van der Waals surface area (Å²) in [4.78, 5) is 24.0. The molecule has 0 bridgehead atoms. The van der Waals surface area contributed by atoms with Gasteiger partial charge in [0.05, 0.1) is 48.3 Å². The van der Waals surface area contributed by atoms with Gasteiger partial charge in [0.1, 0.15) is 36.1 Å². The summed E-state index contributed by atoms with van der Waals surface area (Å²) in [6.07, 6.45) is 4.98. The Labute approximate surface area is 265 Å². The normalized spacial score (nSPS) is 18.2. The Hall–Kier alpha value is -4.29. The van der Waals surface area contributed by atoms with Crippen LogP contribution in [-0.2, 0) is 20.9 Å². The molecule has 10 nitrogen and oxygen atoms in total. The van der Waals surface area contributed by atoms with E-state index in [9.17, 15) is 9.18 Å². The van der Waals surface area contributed by atoms with Crippen molar-refractivity contribution in [3.63, 3.8) is 0 Å². The summed E-state index contributed by atoms with van der Waals surface area (Å²) >= 11 is 6.51. The number of likely N-dealkylation sites (tertiary alicyclic amines) is 1. The first-order chi connectivity index (χ1) is 21.9. The van der Waals surface area contributed by atoms with Crippen molar-refractivity contribution in [3.8, 4) is 11.5 Å². The molecule has 0 radical (unpaired) electrons. The highest BCUT2D eigenvalue weighted by molar-refractivity contribution is 6.32. The molecule has 234 valence electrons. The molecule has 2 fully saturated rings. The average molecular weight is 634 g/mol. The van der Waals surface area contributed by atoms with Crippen LogP contribution in [0.3, 0.4) is 0 Å². The Kier molecular flexibility index (Phi) is 9.70. The molecule has 0 aliphatic carbocycles. The second-order valence-corrected chi connectivity index (χ2v) is 11.0. The Morgan fingerprint density at radius 3 is 2.64 bits per heavy atom. The molecule has 3 aromatic carbocycles. The molecule has 4 aromatic rings. The zero-order chi connectivity index (χ0) is 31.2. The van der Waals surface area contributed by atoms with Gasteiger partial charge in [0.2, 0.25) is 5.91 Å². The molecule has 1 amide bonds. The number of amides is 1. The molecule has 45 heavy (non-hydrogen) atoms. The summed E-state index contributed by atoms with van der Waals surface area (Å²) in [5.74, 6) is 0.859. The first-order valence-electron chi connectivity index (χ1n) is 14.7. The second kappa shape index (κ2) is 14.2. The van der Waals surface area contributed by atoms with E-state index in [0.29, 0.717) is 76.5 Å². The van der Waals surface area contributed by atoms with E-state index in [0.717, 1.165) is 13.1 Å². The van der Waals surface area contributed by atoms with Gasteiger partial charge in [0.25, 0.3) is 0 Å². The number of fused-ring (bicyclic) bond motifs is 2. The van der Waals surface area contributed by atoms with Crippen molar-refractivity contribution in [1.82, 2.24) is 14.9 Å². The molecule has 2 aliphatic heterocycles. The number of carbonyl (C=O) groups is 1. The summed E-state index contributed by atoms with van der Waals surface area (Å²) in [5, 5.41) is 7.26. The number of nitrogens with one attached hydrogen (secondary N) is 2. The van der Waals surface area contributed by atoms with E-state index in [1.807, 2.05) is 13.0 Å². The van der Waals surface area contributed by atoms with E-state index in [2.05, 4.69) is 25.5 Å². The number of hydrogen-bond acceptors (Lipinski definition) is 9. The maximum absolute atomic E-state index is 13.5. The van der Waals surface area contributed by atoms with E-state index in [4.69, 9.17) is 30.5 Å². The third-order valence-corrected chi connectivity index (χ3v) is 7.74. The van der Waals surface area contributed by atoms with E-state index in [1.54, 1.807) is 42.5 Å². The van der Waals surface area contributed by atoms with E-state index in [-0.39, 0.29) is 30.5 Å². The number of anilines is 3. The van der Waals surface area contributed by atoms with Crippen LogP contribution in [0.4, 0.5) is 21.6 Å². The summed E-state index contributed by atoms with van der Waals surface area (Å²) in [6, 6.07) is 15.0. The Morgan fingerprint density at radius 2 is 1.89 bits per heavy atom. The first kappa shape index (κ1) is 30.7. The molecule has 0 saturated carbocycles. The summed E-state index contributed by atoms with van der Waals surface area (Å²) in [5.41, 5.74) is 2.48. The number of aromatic nitrogens is 2. The molecule has 12 heteroatoms. The first-order valence-corrected chi connectivity index (χ1v) is 15.1. The quantitative estimate of drug-likeness (QED) is 0.200. The lowest BCUT2D eigenvalue weighted by Gasteiger charge is -2.24. The topological polar surface area (TPSA) is 107 Å². The average Bonchev–Trinajstić information content (AvgIpc) is 3.44. The summed E-state index contributed by atoms with van der Waals surface area (Å²) < 4.78 is 36.7. The highest BCUT2D eigenvalue weighted by Crippen LogP contribution is 2.35. The minimum atomic E-state index is -0.326. The van der Waals surface area contributed by atoms with Gasteiger partial charge >= 0.3 is 0 Å². The van der Waals surface area contributed by atoms with Crippen molar-refractivity contribution in [2.75, 3.05) is 50.1 Å². The number of benzene rings is 3. The van der Waals surface area contributed by atoms with Gasteiger partial charge in [-0.05, 0) is 48.9 Å². The van der Waals surface area contributed by atoms with Crippen LogP contribution >= 0.6 is 11.6 Å². The van der Waals surface area contributed by atoms with Gasteiger partial charge in [-0.25, -0.2) is 14.4 Å². The third kappa shape index (κ3) is 7.69. The third-order valence-electron chi connectivity index (χ3n) is 7.44. The Bertz CT molecular complexity index is 1690. The SMILES string of the molecule is CCOc1cc2ncnc(Nc3ccc(OCc4cccc(F)c4)c(Cl)c3)c2cc1NC(=O)/C=C/CN1C[C@@H]2OCCO[C@@H]2C1. The van der Waals surface area contributed by atoms with Crippen LogP contribution in [0, 0.1) is 5.82 Å². The molecule has 3 heterocycles. The van der Waals surface area contributed by atoms with Gasteiger partial charge in [-0.2, -0.15) is 0 Å². The monoisotopic (exact) mass is 633 g/mol. The largest absolute Gasteiger partial charge is 0.492 e. The van der Waals surface area contributed by atoms with Gasteiger partial charge in [0.15, 0.2) is 0 Å². The van der Waals surface area contributed by atoms with Gasteiger partial charge in [-0.15, -0.1) is 0 Å². The van der Waals surface area contributed by atoms with Gasteiger partial charge < -0.3 is 29.6 Å². The molecule has 0 unspecified atom stereocenters. The fourth-order valence-corrected chi connectivity index (χ4v) is 5.58. The van der Waals surface area contributed by atoms with Crippen molar-refractivity contribution in [2.24, 2.45) is 0 Å². The van der Waals surface area contributed by atoms with Crippen LogP contribution in [0.5, 0.6) is 11.5 Å². The van der Waals surface area contributed by atoms with Gasteiger partial charge in [-0.3, -0.25) is 9.69 Å². The molecular weight excluding hydrogens is 601 g/mol. The van der Waals surface area contributed by atoms with E-state index in [1.165, 1.54) is 24.5 Å². The summed E-state index contributed by atoms with van der Waals surface area (Å²) in [6.45, 7) is 5.88. The lowest BCUT2D eigenvalue weighted by Crippen LogP contribution is -2.36. The number of nitrogens with zero attached hydrogens (tertiary/aromatic N) is 3. The molecule has 2 N–H and O–H groups in total. The molecular formula is C33H33ClFN5O5. The zero-order valence-electron chi connectivity index (χ0n) is 24.7. The van der Waals surface area contributed by atoms with Crippen molar-refractivity contribution >= 4 is 45.6 Å². The van der Waals surface area contributed by atoms with Crippen LogP contribution in [0.15, 0.2) is 73.1 Å². The van der Waals surface area contributed by atoms with Crippen LogP contribution in [0.1, 0.15) is 12.5 Å². The zero-order valence-corrected chi connectivity index (χ0v) is 25.4. The van der Waals surface area contributed by atoms with Crippen molar-refractivity contribution < 1.29 is 28.1 Å². The minimum absolute atomic E-state index is 0.0893. The smallest absolute Gasteiger partial charge is 0.248 e. The van der Waals surface area contributed by atoms with Gasteiger partial charge in [0, 0.05) is 42.9 Å². The van der Waals surface area contributed by atoms with Crippen molar-refractivity contribution in [2.45, 2.75) is 25.7 Å². The fraction of sp³-hybridized carbons (Fsp3) is 0.303. The van der Waals surface area contributed by atoms with Gasteiger partial charge in [-0.1, -0.05) is 29.8 Å². The van der Waals surface area contributed by atoms with Crippen molar-refractivity contribution in [3.05, 3.63) is 89.5 Å². The molecule has 1 aromatic heterocycles. The van der Waals surface area contributed by atoms with Crippen LogP contribution in [0.25, 0.3) is 10.9 Å². The molecule has 2 atom stereocenters. The lowest BCUT2D eigenvalue weighted by molar-refractivity contribution is -0.116. The number of carbonyl (C=O) groups excluding carboxylic acids is 1. The highest BCUT2D eigenvalue weighted by Gasteiger charge is 2.35. The number of hydrogen-bond donors (Lipinski definition) is 2. The molecule has 6 rings (SSSR count). The predicted molar refractivity (Wildman–Crippen MR) is 170 cm³/mol. The van der Waals surface area contributed by atoms with Crippen LogP contribution in [-0.4, -0.2) is 72.4 Å². The number of halogens is 2. The number of ether oxygens (including phenoxy) is 4. The standard InChI is InChI=1S/C33H33ClFN5O5/c1-2-42-29-16-26-24(15-27(29)39-32(41)7-4-10-40-17-30-31(18-40)44-12-11-43-30)33(37-20-36-26)38-23-8-9-28(25(34)14-23)45-19-21-5-3-6-22(35)13-21/h3-9,13-16,20,30-31H,2,10-12,17-19H2,1H3,(H,39,41)(H,36,37,38)/b7-4+/t30-,31+. The minimum Gasteiger partial charge on any atom is -0.492 e. The van der Waals surface area contributed by atoms with E-state index >= 15 is 0 Å². The maximum Gasteiger partial charge on any atom is 0.248 e. The van der Waals surface area contributed by atoms with Crippen molar-refractivity contribution in [1.29, 1.82) is 0 Å². The number of rotatable bonds is 11. The second-order valence-electron chi connectivity index (χ2n) is 10.6. The molecule has 2 aliphatic rings.